The largest absolute Gasteiger partial charge is 0.573 e. The lowest BCUT2D eigenvalue weighted by Gasteiger charge is -2.27. The number of ether oxygens (including phenoxy) is 1. The van der Waals surface area contributed by atoms with Gasteiger partial charge in [-0.25, -0.2) is 0 Å². The summed E-state index contributed by atoms with van der Waals surface area (Å²) >= 11 is 0. The first-order valence-corrected chi connectivity index (χ1v) is 6.25. The van der Waals surface area contributed by atoms with Crippen LogP contribution >= 0.6 is 0 Å². The van der Waals surface area contributed by atoms with E-state index in [4.69, 9.17) is 11.5 Å². The quantitative estimate of drug-likeness (QED) is 0.780. The zero-order chi connectivity index (χ0) is 16.9. The number of nitrogens with zero attached hydrogens (tertiary/aromatic N) is 1. The number of hydrogen-bond donors (Lipinski definition) is 2. The number of alkyl halides is 3. The van der Waals surface area contributed by atoms with Crippen LogP contribution in [-0.2, 0) is 9.59 Å². The van der Waals surface area contributed by atoms with E-state index in [1.54, 1.807) is 6.92 Å². The maximum absolute atomic E-state index is 12.1. The fourth-order valence-electron chi connectivity index (χ4n) is 1.89. The Morgan fingerprint density at radius 3 is 1.95 bits per heavy atom. The monoisotopic (exact) mass is 319 g/mol. The molecule has 9 heteroatoms. The molecule has 0 unspecified atom stereocenters. The molecule has 1 rings (SSSR count). The average molecular weight is 319 g/mol. The Bertz CT molecular complexity index is 516. The smallest absolute Gasteiger partial charge is 0.406 e. The van der Waals surface area contributed by atoms with Gasteiger partial charge in [0.05, 0.1) is 13.1 Å². The number of carbonyl (C=O) groups excluding carboxylic acids is 2. The molecule has 0 aromatic heterocycles. The van der Waals surface area contributed by atoms with E-state index < -0.39 is 24.2 Å². The molecule has 0 saturated heterocycles. The molecule has 1 aromatic carbocycles. The summed E-state index contributed by atoms with van der Waals surface area (Å²) < 4.78 is 40.0. The number of nitrogens with two attached hydrogens (primary N) is 2. The standard InChI is InChI=1S/C13H16F3N3O3/c1-8(19(6-11(17)20)7-12(18)21)9-2-4-10(5-3-9)22-13(14,15)16/h2-5,8H,6-7H2,1H3,(H2,17,20)(H2,18,21)/t8-/m0/s1. The van der Waals surface area contributed by atoms with Gasteiger partial charge < -0.3 is 16.2 Å². The van der Waals surface area contributed by atoms with Crippen LogP contribution in [-0.4, -0.2) is 36.2 Å². The van der Waals surface area contributed by atoms with E-state index in [1.807, 2.05) is 0 Å². The highest BCUT2D eigenvalue weighted by Crippen LogP contribution is 2.26. The van der Waals surface area contributed by atoms with Crippen molar-refractivity contribution in [1.29, 1.82) is 0 Å². The lowest BCUT2D eigenvalue weighted by atomic mass is 10.1. The van der Waals surface area contributed by atoms with Crippen LogP contribution in [0, 0.1) is 0 Å². The minimum atomic E-state index is -4.77. The van der Waals surface area contributed by atoms with Crippen LogP contribution in [0.2, 0.25) is 0 Å². The van der Waals surface area contributed by atoms with Gasteiger partial charge in [0.1, 0.15) is 5.75 Å². The highest BCUT2D eigenvalue weighted by molar-refractivity contribution is 5.79. The van der Waals surface area contributed by atoms with Gasteiger partial charge in [-0.15, -0.1) is 13.2 Å². The Labute approximate surface area is 124 Å². The zero-order valence-electron chi connectivity index (χ0n) is 11.8. The Morgan fingerprint density at radius 1 is 1.14 bits per heavy atom. The van der Waals surface area contributed by atoms with Crippen LogP contribution in [0.15, 0.2) is 24.3 Å². The number of benzene rings is 1. The predicted octanol–water partition coefficient (Wildman–Crippen LogP) is 0.919. The van der Waals surface area contributed by atoms with Crippen LogP contribution in [0.3, 0.4) is 0 Å². The van der Waals surface area contributed by atoms with Crippen LogP contribution in [0.25, 0.3) is 0 Å². The zero-order valence-corrected chi connectivity index (χ0v) is 11.8. The molecule has 0 aliphatic rings. The van der Waals surface area contributed by atoms with Gasteiger partial charge in [0, 0.05) is 6.04 Å². The molecule has 0 fully saturated rings. The van der Waals surface area contributed by atoms with Crippen molar-refractivity contribution in [1.82, 2.24) is 4.90 Å². The molecular formula is C13H16F3N3O3. The molecule has 1 atom stereocenters. The van der Waals surface area contributed by atoms with Crippen molar-refractivity contribution in [3.05, 3.63) is 29.8 Å². The van der Waals surface area contributed by atoms with E-state index in [2.05, 4.69) is 4.74 Å². The Kier molecular flexibility index (Phi) is 5.75. The molecule has 0 radical (unpaired) electrons. The lowest BCUT2D eigenvalue weighted by molar-refractivity contribution is -0.274. The van der Waals surface area contributed by atoms with Gasteiger partial charge >= 0.3 is 6.36 Å². The molecule has 0 saturated carbocycles. The third-order valence-electron chi connectivity index (χ3n) is 2.86. The lowest BCUT2D eigenvalue weighted by Crippen LogP contribution is -2.41. The van der Waals surface area contributed by atoms with E-state index in [0.717, 1.165) is 12.1 Å². The summed E-state index contributed by atoms with van der Waals surface area (Å²) in [6.07, 6.45) is -4.77. The summed E-state index contributed by atoms with van der Waals surface area (Å²) in [5, 5.41) is 0. The molecule has 4 N–H and O–H groups in total. The SMILES string of the molecule is C[C@@H](c1ccc(OC(F)(F)F)cc1)N(CC(N)=O)CC(N)=O. The third-order valence-corrected chi connectivity index (χ3v) is 2.86. The molecule has 2 amide bonds. The van der Waals surface area contributed by atoms with Crippen LogP contribution < -0.4 is 16.2 Å². The van der Waals surface area contributed by atoms with E-state index in [9.17, 15) is 22.8 Å². The van der Waals surface area contributed by atoms with Gasteiger partial charge in [-0.1, -0.05) is 12.1 Å². The average Bonchev–Trinajstić information content (AvgIpc) is 2.35. The van der Waals surface area contributed by atoms with Gasteiger partial charge in [-0.2, -0.15) is 0 Å². The summed E-state index contributed by atoms with van der Waals surface area (Å²) in [5.41, 5.74) is 10.8. The topological polar surface area (TPSA) is 98.7 Å². The minimum Gasteiger partial charge on any atom is -0.406 e. The van der Waals surface area contributed by atoms with Crippen LogP contribution in [0.1, 0.15) is 18.5 Å². The Morgan fingerprint density at radius 2 is 1.59 bits per heavy atom. The number of rotatable bonds is 7. The van der Waals surface area contributed by atoms with E-state index >= 15 is 0 Å². The fraction of sp³-hybridized carbons (Fsp3) is 0.385. The van der Waals surface area contributed by atoms with Gasteiger partial charge in [-0.05, 0) is 24.6 Å². The molecule has 22 heavy (non-hydrogen) atoms. The van der Waals surface area contributed by atoms with Gasteiger partial charge in [0.25, 0.3) is 0 Å². The van der Waals surface area contributed by atoms with Crippen molar-refractivity contribution in [2.45, 2.75) is 19.3 Å². The minimum absolute atomic E-state index is 0.203. The second-order valence-corrected chi connectivity index (χ2v) is 4.63. The molecule has 1 aromatic rings. The maximum atomic E-state index is 12.1. The predicted molar refractivity (Wildman–Crippen MR) is 71.5 cm³/mol. The summed E-state index contributed by atoms with van der Waals surface area (Å²) in [5.74, 6) is -1.66. The second-order valence-electron chi connectivity index (χ2n) is 4.63. The molecule has 6 nitrogen and oxygen atoms in total. The molecule has 0 aliphatic carbocycles. The van der Waals surface area contributed by atoms with Crippen molar-refractivity contribution in [3.8, 4) is 5.75 Å². The second kappa shape index (κ2) is 7.12. The number of primary amides is 2. The summed E-state index contributed by atoms with van der Waals surface area (Å²) in [4.78, 5) is 23.5. The summed E-state index contributed by atoms with van der Waals surface area (Å²) in [7, 11) is 0. The number of amides is 2. The van der Waals surface area contributed by atoms with Crippen molar-refractivity contribution < 1.29 is 27.5 Å². The molecule has 0 aliphatic heterocycles. The molecule has 0 heterocycles. The summed E-state index contributed by atoms with van der Waals surface area (Å²) in [6, 6.07) is 4.65. The van der Waals surface area contributed by atoms with Gasteiger partial charge in [0.2, 0.25) is 11.8 Å². The van der Waals surface area contributed by atoms with Crippen molar-refractivity contribution in [2.75, 3.05) is 13.1 Å². The summed E-state index contributed by atoms with van der Waals surface area (Å²) in [6.45, 7) is 1.27. The van der Waals surface area contributed by atoms with Crippen molar-refractivity contribution in [2.24, 2.45) is 11.5 Å². The highest BCUT2D eigenvalue weighted by atomic mass is 19.4. The maximum Gasteiger partial charge on any atom is 0.573 e. The van der Waals surface area contributed by atoms with Crippen molar-refractivity contribution in [3.63, 3.8) is 0 Å². The number of carbonyl (C=O) groups is 2. The van der Waals surface area contributed by atoms with Gasteiger partial charge in [-0.3, -0.25) is 14.5 Å². The van der Waals surface area contributed by atoms with Crippen LogP contribution in [0.5, 0.6) is 5.75 Å². The molecule has 0 spiro atoms. The molecule has 0 bridgehead atoms. The third kappa shape index (κ3) is 6.00. The van der Waals surface area contributed by atoms with E-state index in [0.29, 0.717) is 5.56 Å². The highest BCUT2D eigenvalue weighted by Gasteiger charge is 2.31. The van der Waals surface area contributed by atoms with E-state index in [1.165, 1.54) is 17.0 Å². The van der Waals surface area contributed by atoms with Gasteiger partial charge in [0.15, 0.2) is 0 Å². The normalized spacial score (nSPS) is 13.0. The molecule has 122 valence electrons. The fourth-order valence-corrected chi connectivity index (χ4v) is 1.89. The first-order chi connectivity index (χ1) is 10.1. The molecular weight excluding hydrogens is 303 g/mol. The van der Waals surface area contributed by atoms with E-state index in [-0.39, 0.29) is 18.8 Å². The Balaban J connectivity index is 2.87. The Hall–Kier alpha value is -2.29. The first kappa shape index (κ1) is 17.8. The number of halogens is 3. The van der Waals surface area contributed by atoms with Crippen molar-refractivity contribution >= 4 is 11.8 Å². The first-order valence-electron chi connectivity index (χ1n) is 6.25. The number of hydrogen-bond acceptors (Lipinski definition) is 4. The van der Waals surface area contributed by atoms with Crippen LogP contribution in [0.4, 0.5) is 13.2 Å².